The Morgan fingerprint density at radius 1 is 0.561 bits per heavy atom. The van der Waals surface area contributed by atoms with E-state index < -0.39 is 5.97 Å². The molecule has 238 valence electrons. The quantitative estimate of drug-likeness (QED) is 0.0508. The third-order valence-electron chi connectivity index (χ3n) is 7.61. The average Bonchev–Trinajstić information content (AvgIpc) is 2.95. The van der Waals surface area contributed by atoms with Gasteiger partial charge in [-0.05, 0) is 51.0 Å². The zero-order chi connectivity index (χ0) is 30.1. The minimum absolute atomic E-state index is 0.0869. The van der Waals surface area contributed by atoms with Crippen LogP contribution in [-0.4, -0.2) is 23.1 Å². The predicted octanol–water partition coefficient (Wildman–Crippen LogP) is 11.8. The Morgan fingerprint density at radius 2 is 1.00 bits per heavy atom. The van der Waals surface area contributed by atoms with Crippen LogP contribution in [-0.2, 0) is 14.3 Å². The van der Waals surface area contributed by atoms with E-state index in [1.54, 1.807) is 0 Å². The molecule has 0 aliphatic rings. The van der Waals surface area contributed by atoms with E-state index in [0.29, 0.717) is 12.8 Å². The number of rotatable bonds is 31. The van der Waals surface area contributed by atoms with Gasteiger partial charge in [-0.1, -0.05) is 153 Å². The van der Waals surface area contributed by atoms with Crippen molar-refractivity contribution in [1.29, 1.82) is 0 Å². The van der Waals surface area contributed by atoms with Gasteiger partial charge in [-0.3, -0.25) is 9.59 Å². The summed E-state index contributed by atoms with van der Waals surface area (Å²) in [6.07, 6.45) is 41.8. The number of esters is 1. The molecule has 0 saturated heterocycles. The lowest BCUT2D eigenvalue weighted by atomic mass is 10.0. The van der Waals surface area contributed by atoms with Crippen LogP contribution in [0.25, 0.3) is 0 Å². The maximum absolute atomic E-state index is 12.5. The van der Waals surface area contributed by atoms with Gasteiger partial charge in [0, 0.05) is 12.8 Å². The first-order valence-corrected chi connectivity index (χ1v) is 17.5. The smallest absolute Gasteiger partial charge is 0.306 e. The van der Waals surface area contributed by atoms with Crippen molar-refractivity contribution in [2.24, 2.45) is 0 Å². The van der Waals surface area contributed by atoms with Gasteiger partial charge < -0.3 is 9.84 Å². The first kappa shape index (κ1) is 39.2. The summed E-state index contributed by atoms with van der Waals surface area (Å²) in [5.74, 6) is -0.816. The topological polar surface area (TPSA) is 63.6 Å². The van der Waals surface area contributed by atoms with Crippen LogP contribution in [0.3, 0.4) is 0 Å². The van der Waals surface area contributed by atoms with Crippen molar-refractivity contribution < 1.29 is 19.4 Å². The Hall–Kier alpha value is -1.84. The van der Waals surface area contributed by atoms with Crippen LogP contribution in [0, 0.1) is 0 Å². The predicted molar refractivity (Wildman–Crippen MR) is 176 cm³/mol. The van der Waals surface area contributed by atoms with Gasteiger partial charge in [0.05, 0.1) is 0 Å². The number of aliphatic carboxylic acids is 1. The van der Waals surface area contributed by atoms with E-state index in [2.05, 4.69) is 44.2 Å². The lowest BCUT2D eigenvalue weighted by molar-refractivity contribution is -0.147. The van der Waals surface area contributed by atoms with Crippen LogP contribution < -0.4 is 0 Å². The van der Waals surface area contributed by atoms with Crippen molar-refractivity contribution >= 4 is 11.9 Å². The molecule has 0 bridgehead atoms. The number of unbranched alkanes of at least 4 members (excludes halogenated alkanes) is 18. The van der Waals surface area contributed by atoms with Crippen molar-refractivity contribution in [3.05, 3.63) is 36.5 Å². The van der Waals surface area contributed by atoms with E-state index >= 15 is 0 Å². The van der Waals surface area contributed by atoms with Crippen LogP contribution in [0.4, 0.5) is 0 Å². The number of carbonyl (C=O) groups is 2. The zero-order valence-electron chi connectivity index (χ0n) is 27.1. The second kappa shape index (κ2) is 32.7. The van der Waals surface area contributed by atoms with Crippen molar-refractivity contribution in [2.75, 3.05) is 0 Å². The number of carboxylic acid groups (broad SMARTS) is 1. The van der Waals surface area contributed by atoms with Gasteiger partial charge in [-0.2, -0.15) is 0 Å². The monoisotopic (exact) mass is 574 g/mol. The normalized spacial score (nSPS) is 12.6. The molecule has 0 aromatic heterocycles. The Labute approximate surface area is 254 Å². The van der Waals surface area contributed by atoms with Gasteiger partial charge in [-0.25, -0.2) is 0 Å². The highest BCUT2D eigenvalue weighted by atomic mass is 16.5. The molecule has 0 aliphatic carbocycles. The average molecular weight is 575 g/mol. The van der Waals surface area contributed by atoms with Crippen molar-refractivity contribution in [3.63, 3.8) is 0 Å². The summed E-state index contributed by atoms with van der Waals surface area (Å²) in [7, 11) is 0. The molecular weight excluding hydrogens is 508 g/mol. The molecule has 0 amide bonds. The summed E-state index contributed by atoms with van der Waals surface area (Å²) in [6.45, 7) is 4.41. The lowest BCUT2D eigenvalue weighted by Crippen LogP contribution is -2.16. The molecule has 1 unspecified atom stereocenters. The Morgan fingerprint density at radius 3 is 1.51 bits per heavy atom. The van der Waals surface area contributed by atoms with Crippen LogP contribution in [0.1, 0.15) is 181 Å². The molecule has 0 heterocycles. The molecule has 0 aliphatic heterocycles. The number of ether oxygens (including phenoxy) is 1. The van der Waals surface area contributed by atoms with Gasteiger partial charge in [0.15, 0.2) is 0 Å². The molecule has 0 saturated carbocycles. The second-order valence-electron chi connectivity index (χ2n) is 11.7. The molecule has 4 nitrogen and oxygen atoms in total. The number of allylic oxidation sites excluding steroid dienone is 5. The van der Waals surface area contributed by atoms with E-state index in [-0.39, 0.29) is 18.5 Å². The van der Waals surface area contributed by atoms with Crippen LogP contribution >= 0.6 is 0 Å². The maximum atomic E-state index is 12.5. The summed E-state index contributed by atoms with van der Waals surface area (Å²) >= 11 is 0. The largest absolute Gasteiger partial charge is 0.481 e. The molecule has 0 aromatic rings. The molecule has 0 fully saturated rings. The zero-order valence-corrected chi connectivity index (χ0v) is 27.1. The summed E-state index contributed by atoms with van der Waals surface area (Å²) < 4.78 is 5.82. The number of hydrogen-bond acceptors (Lipinski definition) is 3. The number of carboxylic acids is 1. The summed E-state index contributed by atoms with van der Waals surface area (Å²) in [5.41, 5.74) is 0. The van der Waals surface area contributed by atoms with Gasteiger partial charge in [0.25, 0.3) is 0 Å². The number of carbonyl (C=O) groups excluding carboxylic acids is 1. The second-order valence-corrected chi connectivity index (χ2v) is 11.7. The van der Waals surface area contributed by atoms with E-state index in [0.717, 1.165) is 57.8 Å². The Balaban J connectivity index is 3.99. The maximum Gasteiger partial charge on any atom is 0.306 e. The summed E-state index contributed by atoms with van der Waals surface area (Å²) in [6, 6.07) is 0. The number of hydrogen-bond donors (Lipinski definition) is 1. The Kier molecular flexibility index (Phi) is 31.2. The molecular formula is C37H66O4. The molecule has 4 heteroatoms. The fourth-order valence-corrected chi connectivity index (χ4v) is 5.06. The van der Waals surface area contributed by atoms with E-state index in [9.17, 15) is 9.59 Å². The lowest BCUT2D eigenvalue weighted by Gasteiger charge is -2.14. The van der Waals surface area contributed by atoms with Crippen molar-refractivity contribution in [3.8, 4) is 0 Å². The fraction of sp³-hybridized carbons (Fsp3) is 0.784. The van der Waals surface area contributed by atoms with Crippen molar-refractivity contribution in [2.45, 2.75) is 187 Å². The minimum atomic E-state index is -0.730. The molecule has 1 atom stereocenters. The van der Waals surface area contributed by atoms with Crippen LogP contribution in [0.15, 0.2) is 36.5 Å². The molecule has 41 heavy (non-hydrogen) atoms. The third-order valence-corrected chi connectivity index (χ3v) is 7.61. The van der Waals surface area contributed by atoms with Gasteiger partial charge in [0.1, 0.15) is 6.10 Å². The first-order chi connectivity index (χ1) is 20.1. The highest BCUT2D eigenvalue weighted by molar-refractivity contribution is 5.69. The van der Waals surface area contributed by atoms with Gasteiger partial charge in [0.2, 0.25) is 0 Å². The molecule has 0 radical (unpaired) electrons. The molecule has 0 aromatic carbocycles. The summed E-state index contributed by atoms with van der Waals surface area (Å²) in [5, 5.41) is 8.79. The van der Waals surface area contributed by atoms with E-state index in [4.69, 9.17) is 9.84 Å². The third kappa shape index (κ3) is 32.5. The first-order valence-electron chi connectivity index (χ1n) is 17.5. The highest BCUT2D eigenvalue weighted by Gasteiger charge is 2.11. The molecule has 0 spiro atoms. The molecule has 0 rings (SSSR count). The highest BCUT2D eigenvalue weighted by Crippen LogP contribution is 2.16. The minimum Gasteiger partial charge on any atom is -0.481 e. The standard InChI is InChI=1S/C37H66O4/c1-3-5-7-9-11-13-14-15-16-17-18-19-20-22-24-30-34-37(40)41-35(32-28-25-26-29-33-36(38)39)31-27-23-21-12-10-8-6-4-2/h6,8,12,21,27,31,35H,3-5,7,9-11,13-20,22-26,28-30,32-34H2,1-2H3,(H,38,39)/b8-6-,21-12-,31-27-. The van der Waals surface area contributed by atoms with E-state index in [1.807, 2.05) is 6.08 Å². The van der Waals surface area contributed by atoms with Gasteiger partial charge >= 0.3 is 11.9 Å². The SMILES string of the molecule is CC/C=C\C/C=C\C/C=C\C(CCCCCCC(=O)O)OC(=O)CCCCCCCCCCCCCCCCCC. The fourth-order valence-electron chi connectivity index (χ4n) is 5.06. The molecule has 1 N–H and O–H groups in total. The van der Waals surface area contributed by atoms with Crippen molar-refractivity contribution in [1.82, 2.24) is 0 Å². The Bertz CT molecular complexity index is 664. The van der Waals surface area contributed by atoms with Crippen LogP contribution in [0.2, 0.25) is 0 Å². The van der Waals surface area contributed by atoms with E-state index in [1.165, 1.54) is 89.9 Å². The van der Waals surface area contributed by atoms with Gasteiger partial charge in [-0.15, -0.1) is 0 Å². The summed E-state index contributed by atoms with van der Waals surface area (Å²) in [4.78, 5) is 23.2. The van der Waals surface area contributed by atoms with Crippen LogP contribution in [0.5, 0.6) is 0 Å².